The van der Waals surface area contributed by atoms with Crippen LogP contribution >= 0.6 is 11.6 Å². The largest absolute Gasteiger partial charge is 0.390 e. The van der Waals surface area contributed by atoms with E-state index < -0.39 is 6.10 Å². The molecule has 86 valence electrons. The summed E-state index contributed by atoms with van der Waals surface area (Å²) < 4.78 is 1.75. The van der Waals surface area contributed by atoms with Gasteiger partial charge in [-0.05, 0) is 20.4 Å². The summed E-state index contributed by atoms with van der Waals surface area (Å²) in [4.78, 5) is 0. The van der Waals surface area contributed by atoms with Crippen molar-refractivity contribution in [1.29, 1.82) is 0 Å². The van der Waals surface area contributed by atoms with E-state index in [1.54, 1.807) is 4.68 Å². The minimum absolute atomic E-state index is 0.431. The Morgan fingerprint density at radius 2 is 2.20 bits per heavy atom. The number of aliphatic hydroxyl groups excluding tert-OH is 1. The predicted molar refractivity (Wildman–Crippen MR) is 61.3 cm³/mol. The molecule has 0 aliphatic heterocycles. The second-order valence-corrected chi connectivity index (χ2v) is 4.01. The summed E-state index contributed by atoms with van der Waals surface area (Å²) >= 11 is 6.01. The Hall–Kier alpha value is -0.580. The first-order valence-electron chi connectivity index (χ1n) is 5.14. The molecule has 15 heavy (non-hydrogen) atoms. The van der Waals surface area contributed by atoms with E-state index in [2.05, 4.69) is 10.4 Å². The molecule has 0 bridgehead atoms. The lowest BCUT2D eigenvalue weighted by atomic mass is 10.3. The number of likely N-dealkylation sites (N-methyl/N-ethyl adjacent to an activating group) is 1. The van der Waals surface area contributed by atoms with Crippen LogP contribution in [0, 0.1) is 13.8 Å². The number of nitrogens with one attached hydrogen (secondary N) is 1. The molecular formula is C10H18ClN3O. The van der Waals surface area contributed by atoms with Crippen molar-refractivity contribution in [2.24, 2.45) is 0 Å². The molecule has 0 aliphatic carbocycles. The normalized spacial score (nSPS) is 13.1. The average molecular weight is 232 g/mol. The molecule has 1 atom stereocenters. The maximum Gasteiger partial charge on any atom is 0.0860 e. The third-order valence-electron chi connectivity index (χ3n) is 2.31. The highest BCUT2D eigenvalue weighted by atomic mass is 35.5. The van der Waals surface area contributed by atoms with Crippen molar-refractivity contribution in [2.45, 2.75) is 33.4 Å². The van der Waals surface area contributed by atoms with Crippen molar-refractivity contribution in [3.8, 4) is 0 Å². The molecule has 0 amide bonds. The Balaban J connectivity index is 2.60. The van der Waals surface area contributed by atoms with Crippen LogP contribution in [0.2, 0.25) is 5.02 Å². The molecule has 0 aliphatic rings. The zero-order valence-corrected chi connectivity index (χ0v) is 10.2. The van der Waals surface area contributed by atoms with Crippen molar-refractivity contribution >= 4 is 11.6 Å². The summed E-state index contributed by atoms with van der Waals surface area (Å²) in [6.45, 7) is 7.69. The predicted octanol–water partition coefficient (Wildman–Crippen LogP) is 1.12. The maximum atomic E-state index is 9.69. The molecule has 0 saturated carbocycles. The molecule has 5 heteroatoms. The highest BCUT2D eigenvalue weighted by molar-refractivity contribution is 6.31. The minimum Gasteiger partial charge on any atom is -0.390 e. The Morgan fingerprint density at radius 1 is 1.53 bits per heavy atom. The number of hydrogen-bond acceptors (Lipinski definition) is 3. The lowest BCUT2D eigenvalue weighted by Crippen LogP contribution is -2.30. The van der Waals surface area contributed by atoms with E-state index in [4.69, 9.17) is 11.6 Å². The highest BCUT2D eigenvalue weighted by Crippen LogP contribution is 2.18. The van der Waals surface area contributed by atoms with Gasteiger partial charge < -0.3 is 10.4 Å². The summed E-state index contributed by atoms with van der Waals surface area (Å²) in [5.74, 6) is 0. The standard InChI is InChI=1S/C10H18ClN3O/c1-4-12-5-9(15)6-14-8(3)10(11)7(2)13-14/h9,12,15H,4-6H2,1-3H3. The van der Waals surface area contributed by atoms with E-state index >= 15 is 0 Å². The van der Waals surface area contributed by atoms with E-state index in [0.29, 0.717) is 18.1 Å². The van der Waals surface area contributed by atoms with Crippen LogP contribution in [-0.4, -0.2) is 34.1 Å². The van der Waals surface area contributed by atoms with Gasteiger partial charge in [-0.25, -0.2) is 0 Å². The van der Waals surface area contributed by atoms with E-state index in [1.165, 1.54) is 0 Å². The second kappa shape index (κ2) is 5.49. The van der Waals surface area contributed by atoms with Crippen molar-refractivity contribution in [2.75, 3.05) is 13.1 Å². The van der Waals surface area contributed by atoms with E-state index in [9.17, 15) is 5.11 Å². The number of aliphatic hydroxyl groups is 1. The van der Waals surface area contributed by atoms with Crippen molar-refractivity contribution in [3.05, 3.63) is 16.4 Å². The second-order valence-electron chi connectivity index (χ2n) is 3.63. The molecule has 1 aromatic rings. The highest BCUT2D eigenvalue weighted by Gasteiger charge is 2.12. The fraction of sp³-hybridized carbons (Fsp3) is 0.700. The zero-order chi connectivity index (χ0) is 11.4. The average Bonchev–Trinajstić information content (AvgIpc) is 2.43. The first-order valence-corrected chi connectivity index (χ1v) is 5.52. The van der Waals surface area contributed by atoms with Gasteiger partial charge in [-0.3, -0.25) is 4.68 Å². The monoisotopic (exact) mass is 231 g/mol. The molecule has 0 aromatic carbocycles. The van der Waals surface area contributed by atoms with Gasteiger partial charge in [0.15, 0.2) is 0 Å². The van der Waals surface area contributed by atoms with Gasteiger partial charge in [0.1, 0.15) is 0 Å². The summed E-state index contributed by atoms with van der Waals surface area (Å²) in [6, 6.07) is 0. The van der Waals surface area contributed by atoms with Gasteiger partial charge in [0.2, 0.25) is 0 Å². The van der Waals surface area contributed by atoms with Gasteiger partial charge in [-0.1, -0.05) is 18.5 Å². The Kier molecular flexibility index (Phi) is 4.57. The van der Waals surface area contributed by atoms with Gasteiger partial charge in [-0.15, -0.1) is 0 Å². The van der Waals surface area contributed by atoms with Crippen LogP contribution in [0.4, 0.5) is 0 Å². The Bertz CT molecular complexity index is 325. The number of hydrogen-bond donors (Lipinski definition) is 2. The van der Waals surface area contributed by atoms with Gasteiger partial charge in [0, 0.05) is 6.54 Å². The van der Waals surface area contributed by atoms with Crippen LogP contribution in [0.25, 0.3) is 0 Å². The smallest absolute Gasteiger partial charge is 0.0860 e. The fourth-order valence-corrected chi connectivity index (χ4v) is 1.56. The van der Waals surface area contributed by atoms with E-state index in [1.807, 2.05) is 20.8 Å². The Morgan fingerprint density at radius 3 is 2.67 bits per heavy atom. The van der Waals surface area contributed by atoms with Gasteiger partial charge in [-0.2, -0.15) is 5.10 Å². The van der Waals surface area contributed by atoms with Gasteiger partial charge >= 0.3 is 0 Å². The SMILES string of the molecule is CCNCC(O)Cn1nc(C)c(Cl)c1C. The van der Waals surface area contributed by atoms with Crippen LogP contribution < -0.4 is 5.32 Å². The van der Waals surface area contributed by atoms with Gasteiger partial charge in [0.05, 0.1) is 29.1 Å². The summed E-state index contributed by atoms with van der Waals surface area (Å²) in [7, 11) is 0. The van der Waals surface area contributed by atoms with Crippen LogP contribution in [0.15, 0.2) is 0 Å². The number of rotatable bonds is 5. The van der Waals surface area contributed by atoms with Crippen molar-refractivity contribution in [3.63, 3.8) is 0 Å². The lowest BCUT2D eigenvalue weighted by Gasteiger charge is -2.12. The molecule has 0 saturated heterocycles. The van der Waals surface area contributed by atoms with Crippen LogP contribution in [0.3, 0.4) is 0 Å². The number of aromatic nitrogens is 2. The molecule has 1 heterocycles. The molecule has 0 spiro atoms. The minimum atomic E-state index is -0.431. The number of nitrogens with zero attached hydrogens (tertiary/aromatic N) is 2. The van der Waals surface area contributed by atoms with Gasteiger partial charge in [0.25, 0.3) is 0 Å². The first kappa shape index (κ1) is 12.5. The molecule has 0 radical (unpaired) electrons. The van der Waals surface area contributed by atoms with Crippen LogP contribution in [0.5, 0.6) is 0 Å². The topological polar surface area (TPSA) is 50.1 Å². The molecular weight excluding hydrogens is 214 g/mol. The third-order valence-corrected chi connectivity index (χ3v) is 2.85. The zero-order valence-electron chi connectivity index (χ0n) is 9.42. The summed E-state index contributed by atoms with van der Waals surface area (Å²) in [5.41, 5.74) is 1.72. The number of halogens is 1. The quantitative estimate of drug-likeness (QED) is 0.799. The van der Waals surface area contributed by atoms with Crippen molar-refractivity contribution < 1.29 is 5.11 Å². The summed E-state index contributed by atoms with van der Waals surface area (Å²) in [6.07, 6.45) is -0.431. The molecule has 0 fully saturated rings. The molecule has 1 aromatic heterocycles. The van der Waals surface area contributed by atoms with Crippen LogP contribution in [-0.2, 0) is 6.54 Å². The first-order chi connectivity index (χ1) is 7.06. The molecule has 1 rings (SSSR count). The lowest BCUT2D eigenvalue weighted by molar-refractivity contribution is 0.146. The van der Waals surface area contributed by atoms with E-state index in [0.717, 1.165) is 17.9 Å². The fourth-order valence-electron chi connectivity index (χ4n) is 1.43. The van der Waals surface area contributed by atoms with E-state index in [-0.39, 0.29) is 0 Å². The number of aryl methyl sites for hydroxylation is 1. The van der Waals surface area contributed by atoms with Crippen molar-refractivity contribution in [1.82, 2.24) is 15.1 Å². The van der Waals surface area contributed by atoms with Crippen LogP contribution in [0.1, 0.15) is 18.3 Å². The molecule has 2 N–H and O–H groups in total. The maximum absolute atomic E-state index is 9.69. The Labute approximate surface area is 95.2 Å². The summed E-state index contributed by atoms with van der Waals surface area (Å²) in [5, 5.41) is 17.7. The molecule has 4 nitrogen and oxygen atoms in total. The third kappa shape index (κ3) is 3.19. The molecule has 1 unspecified atom stereocenters.